The molecule has 0 heterocycles. The first kappa shape index (κ1) is 33.6. The molecule has 14 rings (SSSR count). The first-order valence-electron chi connectivity index (χ1n) is 35.2. The van der Waals surface area contributed by atoms with Crippen molar-refractivity contribution in [2.24, 2.45) is 0 Å². The molecular formula is C72H76. The van der Waals surface area contributed by atoms with Gasteiger partial charge in [-0.2, -0.15) is 0 Å². The highest BCUT2D eigenvalue weighted by molar-refractivity contribution is 6.22. The summed E-state index contributed by atoms with van der Waals surface area (Å²) in [7, 11) is 0. The molecule has 0 nitrogen and oxygen atoms in total. The van der Waals surface area contributed by atoms with Crippen LogP contribution in [0, 0.1) is 0 Å². The molecule has 72 heavy (non-hydrogen) atoms. The quantitative estimate of drug-likeness (QED) is 0.0668. The van der Waals surface area contributed by atoms with E-state index in [1.54, 1.807) is 0 Å². The van der Waals surface area contributed by atoms with Crippen LogP contribution in [0.5, 0.6) is 0 Å². The largest absolute Gasteiger partial charge is 0.0654 e. The molecule has 0 fully saturated rings. The predicted octanol–water partition coefficient (Wildman–Crippen LogP) is 20.4. The number of hydrogen-bond donors (Lipinski definition) is 0. The number of hydrogen-bond acceptors (Lipinski definition) is 0. The van der Waals surface area contributed by atoms with E-state index in [1.165, 1.54) is 0 Å². The molecule has 0 N–H and O–H groups in total. The van der Waals surface area contributed by atoms with Crippen molar-refractivity contribution < 1.29 is 16.4 Å². The molecule has 8 unspecified atom stereocenters. The van der Waals surface area contributed by atoms with Gasteiger partial charge in [-0.05, 0) is 279 Å². The molecule has 8 aromatic carbocycles. The molecule has 0 saturated carbocycles. The third-order valence-corrected chi connectivity index (χ3v) is 18.9. The van der Waals surface area contributed by atoms with E-state index >= 15 is 0 Å². The number of aryl methyl sites for hydroxylation is 4. The Balaban J connectivity index is 1.15. The standard InChI is InChI=1S/C72H76/c1-5-9-13-17-21-41-53-33-61-45-25-27-49-65-37-57-43(23-19-15-11-7-3)58-38-66-50-28-26-46-62-34-54(41)56-36-64(62)48-30-32-52(72(50)70(46)48)68(66)40-60(58)44(24-20-16-12-8-4)59(57)39-67(65)51-31-29-47(69(45)71(49)51)63(61)35-55(53)42(56)22-18-14-10-6-2/h25-33,35,38,40,62,64-65,67H,5-24,34,36-37,39H2,1-4H3/i25D,28D,29D,32D,33D,34D,35D,36D,37D,38D,39D,40D. The fourth-order valence-corrected chi connectivity index (χ4v) is 15.5. The van der Waals surface area contributed by atoms with Crippen LogP contribution in [-0.2, 0) is 51.3 Å². The van der Waals surface area contributed by atoms with E-state index in [-0.39, 0.29) is 48.3 Å². The van der Waals surface area contributed by atoms with Crippen molar-refractivity contribution in [2.75, 3.05) is 0 Å². The summed E-state index contributed by atoms with van der Waals surface area (Å²) in [6, 6.07) is 9.20. The summed E-state index contributed by atoms with van der Waals surface area (Å²) >= 11 is 0. The molecule has 0 heteroatoms. The van der Waals surface area contributed by atoms with E-state index in [9.17, 15) is 16.4 Å². The maximum atomic E-state index is 11.0. The zero-order valence-electron chi connectivity index (χ0n) is 55.1. The van der Waals surface area contributed by atoms with Crippen LogP contribution in [0.3, 0.4) is 0 Å². The van der Waals surface area contributed by atoms with Crippen LogP contribution in [0.25, 0.3) is 87.6 Å². The maximum Gasteiger partial charge on any atom is 0.0636 e. The van der Waals surface area contributed by atoms with Crippen molar-refractivity contribution in [2.45, 2.75) is 205 Å². The average Bonchev–Trinajstić information content (AvgIpc) is 1.48. The van der Waals surface area contributed by atoms with Crippen molar-refractivity contribution >= 4 is 43.1 Å². The lowest BCUT2D eigenvalue weighted by Crippen LogP contribution is -2.22. The van der Waals surface area contributed by atoms with Gasteiger partial charge in [-0.15, -0.1) is 0 Å². The number of fused-ring (bicyclic) bond motifs is 16. The summed E-state index contributed by atoms with van der Waals surface area (Å²) in [4.78, 5) is 0. The molecule has 0 bridgehead atoms. The van der Waals surface area contributed by atoms with Gasteiger partial charge < -0.3 is 0 Å². The fourth-order valence-electron chi connectivity index (χ4n) is 15.5. The van der Waals surface area contributed by atoms with Gasteiger partial charge in [-0.25, -0.2) is 0 Å². The maximum absolute atomic E-state index is 11.0. The zero-order chi connectivity index (χ0) is 58.4. The minimum Gasteiger partial charge on any atom is -0.0654 e. The molecule has 364 valence electrons. The second kappa shape index (κ2) is 17.2. The Bertz CT molecular complexity index is 3720. The Morgan fingerprint density at radius 1 is 0.333 bits per heavy atom. The van der Waals surface area contributed by atoms with E-state index in [2.05, 4.69) is 27.7 Å². The third-order valence-electron chi connectivity index (χ3n) is 18.9. The highest BCUT2D eigenvalue weighted by Crippen LogP contribution is 2.63. The second-order valence-corrected chi connectivity index (χ2v) is 23.1. The molecule has 0 amide bonds. The van der Waals surface area contributed by atoms with Crippen molar-refractivity contribution in [3.8, 4) is 44.5 Å². The highest BCUT2D eigenvalue weighted by Gasteiger charge is 2.45. The average molecular weight is 953 g/mol. The molecule has 6 aliphatic rings. The van der Waals surface area contributed by atoms with Gasteiger partial charge in [-0.3, -0.25) is 0 Å². The predicted molar refractivity (Wildman–Crippen MR) is 309 cm³/mol. The Labute approximate surface area is 447 Å². The lowest BCUT2D eigenvalue weighted by Gasteiger charge is -2.34. The number of benzene rings is 8. The van der Waals surface area contributed by atoms with Crippen LogP contribution in [0.1, 0.15) is 237 Å². The normalized spacial score (nSPS) is 25.6. The van der Waals surface area contributed by atoms with E-state index in [0.717, 1.165) is 180 Å². The van der Waals surface area contributed by atoms with Crippen molar-refractivity contribution in [1.82, 2.24) is 0 Å². The van der Waals surface area contributed by atoms with Crippen molar-refractivity contribution in [3.05, 3.63) is 139 Å². The van der Waals surface area contributed by atoms with Gasteiger partial charge >= 0.3 is 0 Å². The van der Waals surface area contributed by atoms with Gasteiger partial charge in [0.25, 0.3) is 0 Å². The van der Waals surface area contributed by atoms with Crippen LogP contribution in [-0.4, -0.2) is 0 Å². The van der Waals surface area contributed by atoms with Crippen LogP contribution >= 0.6 is 0 Å². The molecule has 6 aliphatic carbocycles. The fraction of sp³-hybridized carbons (Fsp3) is 0.444. The van der Waals surface area contributed by atoms with Gasteiger partial charge in [0, 0.05) is 5.48 Å². The molecular weight excluding hydrogens is 865 g/mol. The Hall–Kier alpha value is -5.20. The minimum atomic E-state index is -0.926. The van der Waals surface area contributed by atoms with E-state index in [1.807, 2.05) is 24.3 Å². The van der Waals surface area contributed by atoms with Gasteiger partial charge in [0.15, 0.2) is 0 Å². The zero-order valence-corrected chi connectivity index (χ0v) is 43.1. The number of rotatable bonds is 20. The summed E-state index contributed by atoms with van der Waals surface area (Å²) < 4.78 is 128. The summed E-state index contributed by atoms with van der Waals surface area (Å²) in [6.07, 6.45) is 13.5. The molecule has 0 saturated heterocycles. The van der Waals surface area contributed by atoms with Gasteiger partial charge in [0.05, 0.1) is 11.0 Å². The van der Waals surface area contributed by atoms with E-state index in [0.29, 0.717) is 103 Å². The van der Waals surface area contributed by atoms with Crippen molar-refractivity contribution in [1.29, 1.82) is 0 Å². The van der Waals surface area contributed by atoms with E-state index < -0.39 is 49.3 Å². The van der Waals surface area contributed by atoms with Crippen LogP contribution < -0.4 is 0 Å². The Morgan fingerprint density at radius 2 is 0.583 bits per heavy atom. The molecule has 0 radical (unpaired) electrons. The summed E-state index contributed by atoms with van der Waals surface area (Å²) in [6.45, 7) is 8.74. The van der Waals surface area contributed by atoms with Crippen molar-refractivity contribution in [3.63, 3.8) is 0 Å². The first-order chi connectivity index (χ1) is 40.7. The van der Waals surface area contributed by atoms with Crippen LogP contribution in [0.15, 0.2) is 72.6 Å². The summed E-state index contributed by atoms with van der Waals surface area (Å²) in [5.74, 6) is -2.31. The highest BCUT2D eigenvalue weighted by atomic mass is 14.5. The third kappa shape index (κ3) is 6.17. The summed E-state index contributed by atoms with van der Waals surface area (Å²) in [5, 5.41) is 5.55. The topological polar surface area (TPSA) is 0 Å². The van der Waals surface area contributed by atoms with Gasteiger partial charge in [0.1, 0.15) is 0 Å². The SMILES string of the molecule is [2H]c1cc2c3c4cc([2H])c5c3c1-c1c-5c([2H])c3c(CCCCCC)c5c(c(CCCCCC)c3c1[2H])C([2H])C1c3cc([2H])c6c7c(c([2H])cc(c37)C1C5[2H])-c1c-6c([2H])c3c(CCCCCC)c5c(c(CCCCCC)c3c1[2H])C([2H])C4C2C5[2H]. The summed E-state index contributed by atoms with van der Waals surface area (Å²) in [5.41, 5.74) is 13.7. The molecule has 0 spiro atoms. The van der Waals surface area contributed by atoms with Crippen LogP contribution in [0.2, 0.25) is 0 Å². The van der Waals surface area contributed by atoms with Gasteiger partial charge in [0.2, 0.25) is 0 Å². The minimum absolute atomic E-state index is 0.186. The first-order valence-corrected chi connectivity index (χ1v) is 28.9. The molecule has 8 atom stereocenters. The Morgan fingerprint density at radius 3 is 0.819 bits per heavy atom. The molecule has 8 aromatic rings. The molecule has 0 aromatic heterocycles. The Kier molecular flexibility index (Phi) is 8.02. The van der Waals surface area contributed by atoms with E-state index in [4.69, 9.17) is 0 Å². The monoisotopic (exact) mass is 953 g/mol. The molecule has 0 aliphatic heterocycles. The number of unbranched alkanes of at least 4 members (excludes halogenated alkanes) is 12. The lowest BCUT2D eigenvalue weighted by atomic mass is 9.69. The lowest BCUT2D eigenvalue weighted by molar-refractivity contribution is 0.516. The van der Waals surface area contributed by atoms with Gasteiger partial charge in [-0.1, -0.05) is 153 Å². The second-order valence-electron chi connectivity index (χ2n) is 23.1. The smallest absolute Gasteiger partial charge is 0.0636 e. The van der Waals surface area contributed by atoms with Crippen LogP contribution in [0.4, 0.5) is 0 Å².